The molecule has 0 bridgehead atoms. The summed E-state index contributed by atoms with van der Waals surface area (Å²) in [5, 5.41) is 0. The van der Waals surface area contributed by atoms with Gasteiger partial charge in [-0.25, -0.2) is 9.59 Å². The number of hydrogen-bond donors (Lipinski definition) is 0. The third-order valence-corrected chi connectivity index (χ3v) is 5.12. The SMILES string of the molecule is O=C1OC(C2OC(=O)C(=O)C2C(=O)c2ccccc2)C(C(=O)c2ccccc2)C1=O. The van der Waals surface area contributed by atoms with E-state index in [4.69, 9.17) is 9.47 Å². The molecule has 8 heteroatoms. The molecule has 2 aromatic rings. The number of Topliss-reactive ketones (excluding diaryl/α,β-unsaturated/α-hetero) is 4. The molecule has 0 spiro atoms. The summed E-state index contributed by atoms with van der Waals surface area (Å²) in [6.07, 6.45) is -3.16. The molecule has 2 aromatic carbocycles. The van der Waals surface area contributed by atoms with E-state index in [1.165, 1.54) is 24.3 Å². The second-order valence-corrected chi connectivity index (χ2v) is 6.88. The average Bonchev–Trinajstić information content (AvgIpc) is 3.23. The van der Waals surface area contributed by atoms with Crippen LogP contribution in [0.4, 0.5) is 0 Å². The highest BCUT2D eigenvalue weighted by molar-refractivity contribution is 6.43. The number of hydrogen-bond acceptors (Lipinski definition) is 8. The summed E-state index contributed by atoms with van der Waals surface area (Å²) < 4.78 is 10.1. The summed E-state index contributed by atoms with van der Waals surface area (Å²) in [6.45, 7) is 0. The smallest absolute Gasteiger partial charge is 0.376 e. The van der Waals surface area contributed by atoms with Gasteiger partial charge in [-0.3, -0.25) is 19.2 Å². The van der Waals surface area contributed by atoms with E-state index in [-0.39, 0.29) is 11.1 Å². The molecule has 0 radical (unpaired) electrons. The number of esters is 2. The Morgan fingerprint density at radius 2 is 0.900 bits per heavy atom. The molecule has 4 rings (SSSR count). The number of rotatable bonds is 5. The summed E-state index contributed by atoms with van der Waals surface area (Å²) >= 11 is 0. The van der Waals surface area contributed by atoms with Gasteiger partial charge in [-0.2, -0.15) is 0 Å². The topological polar surface area (TPSA) is 121 Å². The lowest BCUT2D eigenvalue weighted by Gasteiger charge is -2.24. The molecule has 4 unspecified atom stereocenters. The van der Waals surface area contributed by atoms with Gasteiger partial charge in [0, 0.05) is 11.1 Å². The van der Waals surface area contributed by atoms with Crippen LogP contribution in [0.5, 0.6) is 0 Å². The Kier molecular flexibility index (Phi) is 4.83. The fourth-order valence-electron chi connectivity index (χ4n) is 3.67. The fraction of sp³-hybridized carbons (Fsp3) is 0.182. The molecule has 0 N–H and O–H groups in total. The minimum Gasteiger partial charge on any atom is -0.451 e. The van der Waals surface area contributed by atoms with Crippen LogP contribution in [0.25, 0.3) is 0 Å². The van der Waals surface area contributed by atoms with Crippen LogP contribution in [0.1, 0.15) is 20.7 Å². The quantitative estimate of drug-likeness (QED) is 0.312. The molecule has 0 amide bonds. The van der Waals surface area contributed by atoms with Crippen molar-refractivity contribution in [3.63, 3.8) is 0 Å². The highest BCUT2D eigenvalue weighted by Crippen LogP contribution is 2.35. The summed E-state index contributed by atoms with van der Waals surface area (Å²) in [7, 11) is 0. The summed E-state index contributed by atoms with van der Waals surface area (Å²) in [5.41, 5.74) is 0.279. The maximum atomic E-state index is 12.9. The Balaban J connectivity index is 1.72. The van der Waals surface area contributed by atoms with E-state index in [2.05, 4.69) is 0 Å². The Morgan fingerprint density at radius 3 is 1.23 bits per heavy atom. The lowest BCUT2D eigenvalue weighted by molar-refractivity contribution is -0.157. The zero-order chi connectivity index (χ0) is 21.4. The number of benzene rings is 2. The third-order valence-electron chi connectivity index (χ3n) is 5.12. The van der Waals surface area contributed by atoms with Gasteiger partial charge >= 0.3 is 11.9 Å². The summed E-state index contributed by atoms with van der Waals surface area (Å²) in [5.74, 6) is -9.50. The van der Waals surface area contributed by atoms with Crippen LogP contribution in [0.2, 0.25) is 0 Å². The maximum Gasteiger partial charge on any atom is 0.376 e. The Morgan fingerprint density at radius 1 is 0.567 bits per heavy atom. The Labute approximate surface area is 169 Å². The third kappa shape index (κ3) is 3.12. The van der Waals surface area contributed by atoms with Crippen LogP contribution < -0.4 is 0 Å². The minimum absolute atomic E-state index is 0.140. The van der Waals surface area contributed by atoms with E-state index < -0.39 is 59.1 Å². The number of cyclic esters (lactones) is 2. The van der Waals surface area contributed by atoms with Crippen molar-refractivity contribution in [1.29, 1.82) is 0 Å². The second kappa shape index (κ2) is 7.47. The average molecular weight is 406 g/mol. The zero-order valence-electron chi connectivity index (χ0n) is 15.3. The predicted octanol–water partition coefficient (Wildman–Crippen LogP) is 0.974. The molecule has 2 aliphatic heterocycles. The van der Waals surface area contributed by atoms with Gasteiger partial charge in [0.2, 0.25) is 0 Å². The van der Waals surface area contributed by atoms with Crippen molar-refractivity contribution in [2.45, 2.75) is 12.2 Å². The van der Waals surface area contributed by atoms with Gasteiger partial charge in [0.15, 0.2) is 23.8 Å². The minimum atomic E-state index is -1.63. The molecule has 4 atom stereocenters. The van der Waals surface area contributed by atoms with Crippen molar-refractivity contribution in [2.75, 3.05) is 0 Å². The molecule has 0 aliphatic carbocycles. The summed E-state index contributed by atoms with van der Waals surface area (Å²) in [4.78, 5) is 74.5. The van der Waals surface area contributed by atoms with E-state index >= 15 is 0 Å². The van der Waals surface area contributed by atoms with Crippen LogP contribution in [0.15, 0.2) is 60.7 Å². The molecular weight excluding hydrogens is 392 g/mol. The van der Waals surface area contributed by atoms with Gasteiger partial charge in [0.25, 0.3) is 11.6 Å². The molecule has 0 saturated carbocycles. The Hall–Kier alpha value is -3.94. The van der Waals surface area contributed by atoms with Crippen molar-refractivity contribution in [1.82, 2.24) is 0 Å². The van der Waals surface area contributed by atoms with E-state index in [1.54, 1.807) is 36.4 Å². The molecule has 2 saturated heterocycles. The van der Waals surface area contributed by atoms with Gasteiger partial charge in [0.05, 0.1) is 0 Å². The fourth-order valence-corrected chi connectivity index (χ4v) is 3.67. The number of carbonyl (C=O) groups is 6. The van der Waals surface area contributed by atoms with Gasteiger partial charge in [0.1, 0.15) is 11.8 Å². The van der Waals surface area contributed by atoms with Crippen molar-refractivity contribution >= 4 is 35.1 Å². The molecule has 2 heterocycles. The van der Waals surface area contributed by atoms with Gasteiger partial charge in [-0.15, -0.1) is 0 Å². The van der Waals surface area contributed by atoms with Crippen molar-refractivity contribution < 1.29 is 38.2 Å². The van der Waals surface area contributed by atoms with E-state index in [1.807, 2.05) is 0 Å². The van der Waals surface area contributed by atoms with E-state index in [9.17, 15) is 28.8 Å². The van der Waals surface area contributed by atoms with Gasteiger partial charge in [-0.05, 0) is 0 Å². The first kappa shape index (κ1) is 19.4. The van der Waals surface area contributed by atoms with E-state index in [0.717, 1.165) is 0 Å². The first-order valence-corrected chi connectivity index (χ1v) is 9.08. The van der Waals surface area contributed by atoms with Crippen LogP contribution in [-0.2, 0) is 28.7 Å². The first-order valence-electron chi connectivity index (χ1n) is 9.08. The monoisotopic (exact) mass is 406 g/mol. The largest absolute Gasteiger partial charge is 0.451 e. The second-order valence-electron chi connectivity index (χ2n) is 6.88. The van der Waals surface area contributed by atoms with Crippen molar-refractivity contribution in [2.24, 2.45) is 11.8 Å². The van der Waals surface area contributed by atoms with Crippen LogP contribution in [0, 0.1) is 11.8 Å². The molecule has 150 valence electrons. The lowest BCUT2D eigenvalue weighted by Crippen LogP contribution is -2.44. The molecule has 30 heavy (non-hydrogen) atoms. The normalized spacial score (nSPS) is 25.7. The maximum absolute atomic E-state index is 12.9. The number of ether oxygens (including phenoxy) is 2. The molecule has 0 aromatic heterocycles. The standard InChI is InChI=1S/C22H14O8/c23-15(11-7-3-1-4-8-11)13-17(25)21(27)29-19(13)20-14(18(26)22(28)30-20)16(24)12-9-5-2-6-10-12/h1-10,13-14,19-20H. The predicted molar refractivity (Wildman–Crippen MR) is 98.3 cm³/mol. The Bertz CT molecular complexity index is 985. The summed E-state index contributed by atoms with van der Waals surface area (Å²) in [6, 6.07) is 15.4. The molecule has 2 aliphatic rings. The molecule has 8 nitrogen and oxygen atoms in total. The lowest BCUT2D eigenvalue weighted by atomic mass is 9.81. The number of carbonyl (C=O) groups excluding carboxylic acids is 6. The zero-order valence-corrected chi connectivity index (χ0v) is 15.3. The molecule has 2 fully saturated rings. The molecular formula is C22H14O8. The van der Waals surface area contributed by atoms with Gasteiger partial charge in [-0.1, -0.05) is 60.7 Å². The van der Waals surface area contributed by atoms with Gasteiger partial charge < -0.3 is 9.47 Å². The van der Waals surface area contributed by atoms with Crippen LogP contribution >= 0.6 is 0 Å². The van der Waals surface area contributed by atoms with Crippen LogP contribution in [0.3, 0.4) is 0 Å². The highest BCUT2D eigenvalue weighted by atomic mass is 16.6. The number of ketones is 4. The van der Waals surface area contributed by atoms with Crippen molar-refractivity contribution in [3.8, 4) is 0 Å². The van der Waals surface area contributed by atoms with Crippen LogP contribution in [-0.4, -0.2) is 47.3 Å². The highest BCUT2D eigenvalue weighted by Gasteiger charge is 2.60. The van der Waals surface area contributed by atoms with Crippen molar-refractivity contribution in [3.05, 3.63) is 71.8 Å². The first-order chi connectivity index (χ1) is 14.4. The van der Waals surface area contributed by atoms with E-state index in [0.29, 0.717) is 0 Å².